The fourth-order valence-corrected chi connectivity index (χ4v) is 8.96. The average molecular weight is 622 g/mol. The molecule has 1 heterocycles. The standard InChI is InChI=1S/C48H31N/c1-2-12-31(13-3-1)47-39-19-9-8-18-37(39)42-27-32(21-23-40(42)47)33-22-26-46-43(28-33)41-25-24-38-35-16-6-5-14-34(35)29-44(38)48(41)49(46)45-20-10-15-30-11-4-7-17-36(30)45/h1-28,47H,29H2. The Morgan fingerprint density at radius 1 is 0.449 bits per heavy atom. The lowest BCUT2D eigenvalue weighted by Crippen LogP contribution is -1.98. The molecule has 9 aromatic rings. The summed E-state index contributed by atoms with van der Waals surface area (Å²) in [5, 5.41) is 5.13. The van der Waals surface area contributed by atoms with Crippen LogP contribution >= 0.6 is 0 Å². The third-order valence-electron chi connectivity index (χ3n) is 11.1. The maximum atomic E-state index is 2.55. The van der Waals surface area contributed by atoms with E-state index in [-0.39, 0.29) is 5.92 Å². The monoisotopic (exact) mass is 621 g/mol. The first-order valence-electron chi connectivity index (χ1n) is 17.3. The van der Waals surface area contributed by atoms with Gasteiger partial charge in [-0.15, -0.1) is 0 Å². The van der Waals surface area contributed by atoms with Gasteiger partial charge in [-0.1, -0.05) is 146 Å². The Labute approximate surface area is 285 Å². The van der Waals surface area contributed by atoms with Crippen LogP contribution in [-0.4, -0.2) is 4.57 Å². The van der Waals surface area contributed by atoms with Crippen molar-refractivity contribution in [2.45, 2.75) is 12.3 Å². The van der Waals surface area contributed by atoms with Crippen molar-refractivity contribution in [3.63, 3.8) is 0 Å². The fraction of sp³-hybridized carbons (Fsp3) is 0.0417. The summed E-state index contributed by atoms with van der Waals surface area (Å²) >= 11 is 0. The molecule has 11 rings (SSSR count). The zero-order chi connectivity index (χ0) is 32.1. The summed E-state index contributed by atoms with van der Waals surface area (Å²) in [6, 6.07) is 63.3. The van der Waals surface area contributed by atoms with E-state index in [1.165, 1.54) is 99.5 Å². The Balaban J connectivity index is 1.15. The van der Waals surface area contributed by atoms with Gasteiger partial charge in [0.15, 0.2) is 0 Å². The van der Waals surface area contributed by atoms with Crippen LogP contribution in [0.15, 0.2) is 170 Å². The normalized spacial score (nSPS) is 14.2. The number of aromatic nitrogens is 1. The number of nitrogens with zero attached hydrogens (tertiary/aromatic N) is 1. The molecule has 0 fully saturated rings. The van der Waals surface area contributed by atoms with Crippen LogP contribution in [0.2, 0.25) is 0 Å². The van der Waals surface area contributed by atoms with Crippen molar-refractivity contribution in [3.8, 4) is 39.1 Å². The molecule has 0 saturated carbocycles. The highest BCUT2D eigenvalue weighted by molar-refractivity contribution is 6.14. The molecule has 8 aromatic carbocycles. The van der Waals surface area contributed by atoms with Gasteiger partial charge < -0.3 is 4.57 Å². The molecule has 0 radical (unpaired) electrons. The van der Waals surface area contributed by atoms with Gasteiger partial charge in [-0.25, -0.2) is 0 Å². The number of fused-ring (bicyclic) bond motifs is 11. The van der Waals surface area contributed by atoms with E-state index in [4.69, 9.17) is 0 Å². The zero-order valence-corrected chi connectivity index (χ0v) is 26.9. The van der Waals surface area contributed by atoms with E-state index in [0.717, 1.165) is 6.42 Å². The molecule has 1 atom stereocenters. The van der Waals surface area contributed by atoms with Gasteiger partial charge in [0.05, 0.1) is 16.7 Å². The van der Waals surface area contributed by atoms with E-state index >= 15 is 0 Å². The van der Waals surface area contributed by atoms with E-state index < -0.39 is 0 Å². The maximum Gasteiger partial charge on any atom is 0.0582 e. The molecule has 0 spiro atoms. The smallest absolute Gasteiger partial charge is 0.0582 e. The Morgan fingerprint density at radius 2 is 1.18 bits per heavy atom. The van der Waals surface area contributed by atoms with Crippen LogP contribution in [0.5, 0.6) is 0 Å². The molecule has 1 aromatic heterocycles. The van der Waals surface area contributed by atoms with Crippen LogP contribution in [0, 0.1) is 0 Å². The Hall–Kier alpha value is -6.18. The number of benzene rings is 8. The molecule has 0 aliphatic heterocycles. The van der Waals surface area contributed by atoms with Crippen LogP contribution in [0.4, 0.5) is 0 Å². The summed E-state index contributed by atoms with van der Waals surface area (Å²) in [5.41, 5.74) is 18.7. The number of hydrogen-bond donors (Lipinski definition) is 0. The number of rotatable bonds is 3. The second kappa shape index (κ2) is 10.2. The molecule has 2 aliphatic rings. The van der Waals surface area contributed by atoms with Crippen LogP contribution in [0.3, 0.4) is 0 Å². The van der Waals surface area contributed by atoms with E-state index in [0.29, 0.717) is 0 Å². The van der Waals surface area contributed by atoms with Gasteiger partial charge in [0.1, 0.15) is 0 Å². The molecule has 0 bridgehead atoms. The Kier molecular flexibility index (Phi) is 5.57. The second-order valence-corrected chi connectivity index (χ2v) is 13.6. The number of hydrogen-bond acceptors (Lipinski definition) is 0. The predicted octanol–water partition coefficient (Wildman–Crippen LogP) is 12.3. The summed E-state index contributed by atoms with van der Waals surface area (Å²) in [6.07, 6.45) is 0.948. The van der Waals surface area contributed by atoms with Crippen molar-refractivity contribution in [3.05, 3.63) is 198 Å². The van der Waals surface area contributed by atoms with Crippen molar-refractivity contribution in [1.29, 1.82) is 0 Å². The molecule has 228 valence electrons. The predicted molar refractivity (Wildman–Crippen MR) is 205 cm³/mol. The molecule has 1 nitrogen and oxygen atoms in total. The average Bonchev–Trinajstić information content (AvgIpc) is 3.82. The van der Waals surface area contributed by atoms with Crippen molar-refractivity contribution < 1.29 is 0 Å². The minimum atomic E-state index is 0.258. The summed E-state index contributed by atoms with van der Waals surface area (Å²) in [6.45, 7) is 0. The van der Waals surface area contributed by atoms with Crippen LogP contribution < -0.4 is 0 Å². The first-order chi connectivity index (χ1) is 24.3. The van der Waals surface area contributed by atoms with E-state index in [9.17, 15) is 0 Å². The van der Waals surface area contributed by atoms with Gasteiger partial charge >= 0.3 is 0 Å². The fourth-order valence-electron chi connectivity index (χ4n) is 8.96. The lowest BCUT2D eigenvalue weighted by Gasteiger charge is -2.15. The lowest BCUT2D eigenvalue weighted by atomic mass is 9.89. The van der Waals surface area contributed by atoms with E-state index in [1.807, 2.05) is 0 Å². The lowest BCUT2D eigenvalue weighted by molar-refractivity contribution is 1.02. The largest absolute Gasteiger partial charge is 0.308 e. The quantitative estimate of drug-likeness (QED) is 0.185. The molecule has 0 saturated heterocycles. The first-order valence-corrected chi connectivity index (χ1v) is 17.3. The van der Waals surface area contributed by atoms with Gasteiger partial charge in [0.2, 0.25) is 0 Å². The molecule has 1 heteroatoms. The SMILES string of the molecule is c1ccc(C2c3ccccc3-c3cc(-c4ccc5c(c4)c4ccc6c(c4n5-c4cccc5ccccc45)Cc4ccccc4-6)ccc32)cc1. The summed E-state index contributed by atoms with van der Waals surface area (Å²) in [5.74, 6) is 0.258. The highest BCUT2D eigenvalue weighted by atomic mass is 15.0. The van der Waals surface area contributed by atoms with E-state index in [2.05, 4.69) is 174 Å². The third kappa shape index (κ3) is 3.82. The van der Waals surface area contributed by atoms with Crippen LogP contribution in [0.25, 0.3) is 71.6 Å². The zero-order valence-electron chi connectivity index (χ0n) is 26.9. The molecular weight excluding hydrogens is 591 g/mol. The highest BCUT2D eigenvalue weighted by Gasteiger charge is 2.30. The van der Waals surface area contributed by atoms with E-state index in [1.54, 1.807) is 0 Å². The minimum Gasteiger partial charge on any atom is -0.308 e. The molecule has 0 N–H and O–H groups in total. The molecule has 49 heavy (non-hydrogen) atoms. The van der Waals surface area contributed by atoms with Gasteiger partial charge in [-0.05, 0) is 90.8 Å². The van der Waals surface area contributed by atoms with Crippen molar-refractivity contribution in [1.82, 2.24) is 4.57 Å². The van der Waals surface area contributed by atoms with Crippen LogP contribution in [0.1, 0.15) is 33.7 Å². The summed E-state index contributed by atoms with van der Waals surface area (Å²) < 4.78 is 2.55. The van der Waals surface area contributed by atoms with Crippen LogP contribution in [-0.2, 0) is 6.42 Å². The second-order valence-electron chi connectivity index (χ2n) is 13.6. The van der Waals surface area contributed by atoms with Crippen molar-refractivity contribution in [2.24, 2.45) is 0 Å². The molecular formula is C48H31N. The third-order valence-corrected chi connectivity index (χ3v) is 11.1. The van der Waals surface area contributed by atoms with Crippen molar-refractivity contribution in [2.75, 3.05) is 0 Å². The summed E-state index contributed by atoms with van der Waals surface area (Å²) in [4.78, 5) is 0. The minimum absolute atomic E-state index is 0.258. The molecule has 2 aliphatic carbocycles. The van der Waals surface area contributed by atoms with Gasteiger partial charge in [0.25, 0.3) is 0 Å². The Morgan fingerprint density at radius 3 is 2.12 bits per heavy atom. The van der Waals surface area contributed by atoms with Gasteiger partial charge in [0, 0.05) is 28.5 Å². The Bertz CT molecular complexity index is 2790. The van der Waals surface area contributed by atoms with Crippen molar-refractivity contribution >= 4 is 32.6 Å². The maximum absolute atomic E-state index is 2.55. The molecule has 1 unspecified atom stereocenters. The molecule has 0 amide bonds. The topological polar surface area (TPSA) is 4.93 Å². The first kappa shape index (κ1) is 26.8. The van der Waals surface area contributed by atoms with Gasteiger partial charge in [-0.3, -0.25) is 0 Å². The van der Waals surface area contributed by atoms with Gasteiger partial charge in [-0.2, -0.15) is 0 Å². The summed E-state index contributed by atoms with van der Waals surface area (Å²) in [7, 11) is 0. The highest BCUT2D eigenvalue weighted by Crippen LogP contribution is 2.50.